The molecule has 1 aromatic heterocycles. The quantitative estimate of drug-likeness (QED) is 0.742. The van der Waals surface area contributed by atoms with Crippen LogP contribution in [-0.4, -0.2) is 30.8 Å². The van der Waals surface area contributed by atoms with Gasteiger partial charge in [0.15, 0.2) is 6.61 Å². The molecule has 158 valence electrons. The molecule has 1 atom stereocenters. The van der Waals surface area contributed by atoms with Gasteiger partial charge in [0, 0.05) is 12.3 Å². The molecule has 0 aliphatic carbocycles. The van der Waals surface area contributed by atoms with E-state index in [1.54, 1.807) is 19.1 Å². The van der Waals surface area contributed by atoms with Crippen molar-refractivity contribution in [2.45, 2.75) is 45.3 Å². The third-order valence-corrected chi connectivity index (χ3v) is 4.30. The Morgan fingerprint density at radius 2 is 1.86 bits per heavy atom. The Hall–Kier alpha value is -2.77. The van der Waals surface area contributed by atoms with E-state index < -0.39 is 18.8 Å². The SMILES string of the molecule is COc1cc(C(C)(C)C)ccc1C(=O)N[C@H](C)c1ccc(OCC(F)(F)F)nc1. The molecule has 0 aliphatic heterocycles. The number of aromatic nitrogens is 1. The number of carbonyl (C=O) groups excluding carboxylic acids is 1. The van der Waals surface area contributed by atoms with E-state index in [-0.39, 0.29) is 17.2 Å². The second kappa shape index (κ2) is 8.71. The van der Waals surface area contributed by atoms with Gasteiger partial charge in [-0.05, 0) is 35.6 Å². The molecule has 29 heavy (non-hydrogen) atoms. The first-order valence-electron chi connectivity index (χ1n) is 9.05. The van der Waals surface area contributed by atoms with Gasteiger partial charge in [-0.15, -0.1) is 0 Å². The average Bonchev–Trinajstić information content (AvgIpc) is 2.64. The highest BCUT2D eigenvalue weighted by molar-refractivity contribution is 5.97. The van der Waals surface area contributed by atoms with Crippen LogP contribution in [0, 0.1) is 0 Å². The Bertz CT molecular complexity index is 844. The number of carbonyl (C=O) groups is 1. The molecule has 0 fully saturated rings. The zero-order chi connectivity index (χ0) is 21.8. The number of benzene rings is 1. The van der Waals surface area contributed by atoms with E-state index in [2.05, 4.69) is 35.8 Å². The van der Waals surface area contributed by atoms with Gasteiger partial charge in [0.1, 0.15) is 5.75 Å². The van der Waals surface area contributed by atoms with E-state index >= 15 is 0 Å². The Morgan fingerprint density at radius 1 is 1.17 bits per heavy atom. The fourth-order valence-electron chi connectivity index (χ4n) is 2.59. The van der Waals surface area contributed by atoms with Crippen LogP contribution in [0.15, 0.2) is 36.5 Å². The Labute approximate surface area is 168 Å². The summed E-state index contributed by atoms with van der Waals surface area (Å²) < 4.78 is 46.5. The molecule has 5 nitrogen and oxygen atoms in total. The van der Waals surface area contributed by atoms with Crippen molar-refractivity contribution in [3.05, 3.63) is 53.2 Å². The van der Waals surface area contributed by atoms with E-state index in [0.717, 1.165) is 5.56 Å². The zero-order valence-electron chi connectivity index (χ0n) is 17.1. The minimum Gasteiger partial charge on any atom is -0.496 e. The molecule has 2 aromatic rings. The topological polar surface area (TPSA) is 60.5 Å². The number of pyridine rings is 1. The van der Waals surface area contributed by atoms with Crippen molar-refractivity contribution in [3.63, 3.8) is 0 Å². The van der Waals surface area contributed by atoms with Crippen LogP contribution < -0.4 is 14.8 Å². The number of nitrogens with zero attached hydrogens (tertiary/aromatic N) is 1. The minimum atomic E-state index is -4.43. The molecular weight excluding hydrogens is 385 g/mol. The average molecular weight is 410 g/mol. The standard InChI is InChI=1S/C21H25F3N2O3/c1-13(14-6-9-18(25-11-14)29-12-21(22,23)24)26-19(27)16-8-7-15(20(2,3)4)10-17(16)28-5/h6-11,13H,12H2,1-5H3,(H,26,27)/t13-/m1/s1. The van der Waals surface area contributed by atoms with Crippen LogP contribution in [0.5, 0.6) is 11.6 Å². The number of nitrogens with one attached hydrogen (secondary N) is 1. The molecule has 0 bridgehead atoms. The zero-order valence-corrected chi connectivity index (χ0v) is 17.1. The van der Waals surface area contributed by atoms with E-state index in [4.69, 9.17) is 4.74 Å². The van der Waals surface area contributed by atoms with Crippen molar-refractivity contribution in [3.8, 4) is 11.6 Å². The first-order chi connectivity index (χ1) is 13.4. The van der Waals surface area contributed by atoms with Crippen LogP contribution in [0.1, 0.15) is 55.2 Å². The molecule has 0 unspecified atom stereocenters. The van der Waals surface area contributed by atoms with Gasteiger partial charge in [-0.2, -0.15) is 13.2 Å². The van der Waals surface area contributed by atoms with Gasteiger partial charge in [-0.25, -0.2) is 4.98 Å². The molecule has 0 radical (unpaired) electrons. The maximum Gasteiger partial charge on any atom is 0.422 e. The van der Waals surface area contributed by atoms with E-state index in [0.29, 0.717) is 16.9 Å². The van der Waals surface area contributed by atoms with Crippen molar-refractivity contribution < 1.29 is 27.4 Å². The second-order valence-corrected chi connectivity index (χ2v) is 7.69. The Kier molecular flexibility index (Phi) is 6.77. The molecule has 0 saturated carbocycles. The summed E-state index contributed by atoms with van der Waals surface area (Å²) in [4.78, 5) is 16.5. The lowest BCUT2D eigenvalue weighted by molar-refractivity contribution is -0.154. The smallest absolute Gasteiger partial charge is 0.422 e. The number of amides is 1. The van der Waals surface area contributed by atoms with Crippen molar-refractivity contribution >= 4 is 5.91 Å². The van der Waals surface area contributed by atoms with E-state index in [1.807, 2.05) is 12.1 Å². The molecule has 1 N–H and O–H groups in total. The number of hydrogen-bond acceptors (Lipinski definition) is 4. The third kappa shape index (κ3) is 6.37. The molecular formula is C21H25F3N2O3. The van der Waals surface area contributed by atoms with Crippen LogP contribution in [0.25, 0.3) is 0 Å². The fourth-order valence-corrected chi connectivity index (χ4v) is 2.59. The minimum absolute atomic E-state index is 0.0861. The number of ether oxygens (including phenoxy) is 2. The monoisotopic (exact) mass is 410 g/mol. The lowest BCUT2D eigenvalue weighted by Gasteiger charge is -2.21. The predicted octanol–water partition coefficient (Wildman–Crippen LogP) is 4.82. The van der Waals surface area contributed by atoms with Crippen LogP contribution in [0.4, 0.5) is 13.2 Å². The summed E-state index contributed by atoms with van der Waals surface area (Å²) in [5, 5.41) is 2.84. The first-order valence-corrected chi connectivity index (χ1v) is 9.05. The van der Waals surface area contributed by atoms with Crippen molar-refractivity contribution in [1.29, 1.82) is 0 Å². The van der Waals surface area contributed by atoms with Crippen molar-refractivity contribution in [1.82, 2.24) is 10.3 Å². The summed E-state index contributed by atoms with van der Waals surface area (Å²) in [5.74, 6) is 0.00685. The molecule has 1 aromatic carbocycles. The lowest BCUT2D eigenvalue weighted by atomic mass is 9.86. The number of hydrogen-bond donors (Lipinski definition) is 1. The van der Waals surface area contributed by atoms with Gasteiger partial charge >= 0.3 is 6.18 Å². The molecule has 1 heterocycles. The predicted molar refractivity (Wildman–Crippen MR) is 103 cm³/mol. The molecule has 1 amide bonds. The summed E-state index contributed by atoms with van der Waals surface area (Å²) in [6.45, 7) is 6.55. The van der Waals surface area contributed by atoms with Gasteiger partial charge in [0.2, 0.25) is 5.88 Å². The highest BCUT2D eigenvalue weighted by Gasteiger charge is 2.28. The third-order valence-electron chi connectivity index (χ3n) is 4.30. The largest absolute Gasteiger partial charge is 0.496 e. The maximum atomic E-state index is 12.7. The van der Waals surface area contributed by atoms with Crippen LogP contribution in [0.3, 0.4) is 0 Å². The Balaban J connectivity index is 2.08. The highest BCUT2D eigenvalue weighted by Crippen LogP contribution is 2.29. The highest BCUT2D eigenvalue weighted by atomic mass is 19.4. The maximum absolute atomic E-state index is 12.7. The van der Waals surface area contributed by atoms with Gasteiger partial charge in [-0.1, -0.05) is 32.9 Å². The van der Waals surface area contributed by atoms with Gasteiger partial charge in [-0.3, -0.25) is 4.79 Å². The number of alkyl halides is 3. The molecule has 0 saturated heterocycles. The summed E-state index contributed by atoms with van der Waals surface area (Å²) in [5.41, 5.74) is 1.97. The van der Waals surface area contributed by atoms with Crippen LogP contribution in [-0.2, 0) is 5.41 Å². The van der Waals surface area contributed by atoms with Crippen LogP contribution in [0.2, 0.25) is 0 Å². The van der Waals surface area contributed by atoms with Gasteiger partial charge in [0.25, 0.3) is 5.91 Å². The van der Waals surface area contributed by atoms with Crippen molar-refractivity contribution in [2.75, 3.05) is 13.7 Å². The number of halogens is 3. The molecule has 0 spiro atoms. The van der Waals surface area contributed by atoms with Gasteiger partial charge < -0.3 is 14.8 Å². The second-order valence-electron chi connectivity index (χ2n) is 7.69. The summed E-state index contributed by atoms with van der Waals surface area (Å²) in [6, 6.07) is 7.92. The van der Waals surface area contributed by atoms with Crippen LogP contribution >= 0.6 is 0 Å². The van der Waals surface area contributed by atoms with Gasteiger partial charge in [0.05, 0.1) is 18.7 Å². The molecule has 2 rings (SSSR count). The molecule has 0 aliphatic rings. The first kappa shape index (κ1) is 22.5. The summed E-state index contributed by atoms with van der Waals surface area (Å²) in [6.07, 6.45) is -3.06. The fraction of sp³-hybridized carbons (Fsp3) is 0.429. The summed E-state index contributed by atoms with van der Waals surface area (Å²) in [7, 11) is 1.51. The number of methoxy groups -OCH3 is 1. The normalized spacial score (nSPS) is 13.0. The lowest BCUT2D eigenvalue weighted by Crippen LogP contribution is -2.27. The van der Waals surface area contributed by atoms with E-state index in [9.17, 15) is 18.0 Å². The van der Waals surface area contributed by atoms with E-state index in [1.165, 1.54) is 19.4 Å². The number of rotatable bonds is 6. The summed E-state index contributed by atoms with van der Waals surface area (Å²) >= 11 is 0. The Morgan fingerprint density at radius 3 is 2.38 bits per heavy atom. The molecule has 8 heteroatoms. The van der Waals surface area contributed by atoms with Crippen molar-refractivity contribution in [2.24, 2.45) is 0 Å².